The maximum atomic E-state index is 11.6. The third kappa shape index (κ3) is 3.52. The fourth-order valence-electron chi connectivity index (χ4n) is 4.72. The van der Waals surface area contributed by atoms with E-state index in [1.165, 1.54) is 27.7 Å². The molecule has 1 fully saturated rings. The molecule has 1 atom stereocenters. The summed E-state index contributed by atoms with van der Waals surface area (Å²) in [6, 6.07) is 14.5. The predicted octanol–water partition coefficient (Wildman–Crippen LogP) is 5.38. The van der Waals surface area contributed by atoms with Crippen LogP contribution < -0.4 is 0 Å². The lowest BCUT2D eigenvalue weighted by molar-refractivity contribution is 0.141. The van der Waals surface area contributed by atoms with E-state index in [0.29, 0.717) is 5.56 Å². The molecule has 0 saturated carbocycles. The smallest absolute Gasteiger partial charge is 0.416 e. The highest BCUT2D eigenvalue weighted by molar-refractivity contribution is 5.93. The van der Waals surface area contributed by atoms with Crippen molar-refractivity contribution < 1.29 is 9.90 Å². The number of hydrogen-bond acceptors (Lipinski definition) is 3. The van der Waals surface area contributed by atoms with E-state index in [1.54, 1.807) is 6.20 Å². The standard InChI is InChI=1S/C24H25N3O2/c1-16-12-17(2)23-20(9-11-27(23)24(28)29)21(16)15-26-10-4-3-8-22(26)19-7-5-6-18(13-19)14-25/h5-7,9,11-13,22H,3-4,8,10,15H2,1-2H3,(H,28,29). The van der Waals surface area contributed by atoms with Gasteiger partial charge in [-0.15, -0.1) is 0 Å². The highest BCUT2D eigenvalue weighted by Crippen LogP contribution is 2.35. The molecule has 0 aliphatic carbocycles. The van der Waals surface area contributed by atoms with E-state index in [9.17, 15) is 15.2 Å². The Morgan fingerprint density at radius 3 is 2.79 bits per heavy atom. The number of nitriles is 1. The molecule has 0 amide bonds. The fourth-order valence-corrected chi connectivity index (χ4v) is 4.72. The van der Waals surface area contributed by atoms with Gasteiger partial charge in [-0.2, -0.15) is 5.26 Å². The van der Waals surface area contributed by atoms with Crippen LogP contribution in [0, 0.1) is 25.2 Å². The molecular weight excluding hydrogens is 362 g/mol. The Morgan fingerprint density at radius 2 is 2.03 bits per heavy atom. The number of rotatable bonds is 3. The molecule has 5 nitrogen and oxygen atoms in total. The lowest BCUT2D eigenvalue weighted by atomic mass is 9.92. The van der Waals surface area contributed by atoms with E-state index in [4.69, 9.17) is 0 Å². The lowest BCUT2D eigenvalue weighted by Crippen LogP contribution is -2.33. The van der Waals surface area contributed by atoms with Gasteiger partial charge in [-0.05, 0) is 73.7 Å². The molecule has 2 heterocycles. The van der Waals surface area contributed by atoms with Gasteiger partial charge in [-0.3, -0.25) is 9.47 Å². The Kier molecular flexibility index (Phi) is 5.12. The van der Waals surface area contributed by atoms with Crippen LogP contribution in [0.5, 0.6) is 0 Å². The van der Waals surface area contributed by atoms with E-state index in [0.717, 1.165) is 42.4 Å². The van der Waals surface area contributed by atoms with Crippen LogP contribution in [-0.4, -0.2) is 27.2 Å². The summed E-state index contributed by atoms with van der Waals surface area (Å²) >= 11 is 0. The number of aryl methyl sites for hydroxylation is 2. The maximum Gasteiger partial charge on any atom is 0.416 e. The highest BCUT2D eigenvalue weighted by atomic mass is 16.4. The van der Waals surface area contributed by atoms with Gasteiger partial charge in [0.2, 0.25) is 0 Å². The molecule has 1 aliphatic rings. The second-order valence-corrected chi connectivity index (χ2v) is 7.94. The van der Waals surface area contributed by atoms with Gasteiger partial charge < -0.3 is 5.11 Å². The van der Waals surface area contributed by atoms with Gasteiger partial charge in [0.25, 0.3) is 0 Å². The first-order valence-corrected chi connectivity index (χ1v) is 10.1. The number of likely N-dealkylation sites (tertiary alicyclic amines) is 1. The average molecular weight is 387 g/mol. The lowest BCUT2D eigenvalue weighted by Gasteiger charge is -2.36. The third-order valence-corrected chi connectivity index (χ3v) is 6.08. The molecule has 0 bridgehead atoms. The van der Waals surface area contributed by atoms with Crippen LogP contribution in [0.15, 0.2) is 42.6 Å². The van der Waals surface area contributed by atoms with Crippen molar-refractivity contribution >= 4 is 17.0 Å². The van der Waals surface area contributed by atoms with Crippen LogP contribution in [0.4, 0.5) is 4.79 Å². The predicted molar refractivity (Wildman–Crippen MR) is 113 cm³/mol. The molecule has 29 heavy (non-hydrogen) atoms. The number of fused-ring (bicyclic) bond motifs is 1. The maximum absolute atomic E-state index is 11.6. The zero-order valence-corrected chi connectivity index (χ0v) is 16.9. The Morgan fingerprint density at radius 1 is 1.21 bits per heavy atom. The van der Waals surface area contributed by atoms with Crippen molar-refractivity contribution in [3.05, 3.63) is 70.4 Å². The number of aromatic nitrogens is 1. The van der Waals surface area contributed by atoms with Crippen molar-refractivity contribution in [1.29, 1.82) is 5.26 Å². The van der Waals surface area contributed by atoms with Gasteiger partial charge in [0.1, 0.15) is 0 Å². The van der Waals surface area contributed by atoms with Gasteiger partial charge >= 0.3 is 6.09 Å². The highest BCUT2D eigenvalue weighted by Gasteiger charge is 2.26. The van der Waals surface area contributed by atoms with Crippen molar-refractivity contribution in [3.8, 4) is 6.07 Å². The summed E-state index contributed by atoms with van der Waals surface area (Å²) in [5, 5.41) is 19.8. The van der Waals surface area contributed by atoms with E-state index in [2.05, 4.69) is 30.0 Å². The second kappa shape index (κ2) is 7.73. The number of carboxylic acid groups (broad SMARTS) is 1. The number of benzene rings is 2. The van der Waals surface area contributed by atoms with Crippen LogP contribution >= 0.6 is 0 Å². The van der Waals surface area contributed by atoms with Crippen LogP contribution in [0.25, 0.3) is 10.9 Å². The first-order valence-electron chi connectivity index (χ1n) is 10.1. The van der Waals surface area contributed by atoms with Gasteiger partial charge in [-0.25, -0.2) is 4.79 Å². The summed E-state index contributed by atoms with van der Waals surface area (Å²) in [5.74, 6) is 0. The van der Waals surface area contributed by atoms with Crippen molar-refractivity contribution in [2.75, 3.05) is 6.54 Å². The summed E-state index contributed by atoms with van der Waals surface area (Å²) in [5.41, 5.74) is 6.01. The molecule has 3 aromatic rings. The summed E-state index contributed by atoms with van der Waals surface area (Å²) in [6.07, 6.45) is 4.09. The Bertz CT molecular complexity index is 1120. The topological polar surface area (TPSA) is 69.3 Å². The van der Waals surface area contributed by atoms with E-state index < -0.39 is 6.09 Å². The Labute approximate surface area is 170 Å². The summed E-state index contributed by atoms with van der Waals surface area (Å²) < 4.78 is 1.32. The minimum Gasteiger partial charge on any atom is -0.464 e. The Balaban J connectivity index is 1.74. The zero-order chi connectivity index (χ0) is 20.5. The van der Waals surface area contributed by atoms with Gasteiger partial charge in [-0.1, -0.05) is 24.6 Å². The summed E-state index contributed by atoms with van der Waals surface area (Å²) in [6.45, 7) is 5.84. The van der Waals surface area contributed by atoms with Crippen LogP contribution in [0.3, 0.4) is 0 Å². The van der Waals surface area contributed by atoms with Crippen molar-refractivity contribution in [3.63, 3.8) is 0 Å². The molecule has 1 saturated heterocycles. The minimum atomic E-state index is -0.956. The van der Waals surface area contributed by atoms with Crippen LogP contribution in [-0.2, 0) is 6.54 Å². The minimum absolute atomic E-state index is 0.273. The van der Waals surface area contributed by atoms with Crippen molar-refractivity contribution in [2.24, 2.45) is 0 Å². The van der Waals surface area contributed by atoms with Crippen molar-refractivity contribution in [1.82, 2.24) is 9.47 Å². The Hall–Kier alpha value is -3.10. The summed E-state index contributed by atoms with van der Waals surface area (Å²) in [4.78, 5) is 14.1. The average Bonchev–Trinajstić information content (AvgIpc) is 3.17. The van der Waals surface area contributed by atoms with Gasteiger partial charge in [0.15, 0.2) is 0 Å². The first-order chi connectivity index (χ1) is 14.0. The number of nitrogens with zero attached hydrogens (tertiary/aromatic N) is 3. The van der Waals surface area contributed by atoms with Crippen LogP contribution in [0.2, 0.25) is 0 Å². The SMILES string of the molecule is Cc1cc(C)c2c(ccn2C(=O)O)c1CN1CCCCC1c1cccc(C#N)c1. The van der Waals surface area contributed by atoms with Crippen molar-refractivity contribution in [2.45, 2.75) is 45.7 Å². The first kappa shape index (κ1) is 19.2. The molecule has 148 valence electrons. The molecule has 5 heteroatoms. The normalized spacial score (nSPS) is 17.3. The molecule has 1 aliphatic heterocycles. The number of carbonyl (C=O) groups is 1. The summed E-state index contributed by atoms with van der Waals surface area (Å²) in [7, 11) is 0. The molecular formula is C24H25N3O2. The van der Waals surface area contributed by atoms with Gasteiger partial charge in [0.05, 0.1) is 17.1 Å². The molecule has 4 rings (SSSR count). The molecule has 1 unspecified atom stereocenters. The quantitative estimate of drug-likeness (QED) is 0.655. The largest absolute Gasteiger partial charge is 0.464 e. The molecule has 0 spiro atoms. The van der Waals surface area contributed by atoms with Gasteiger partial charge in [0, 0.05) is 24.2 Å². The second-order valence-electron chi connectivity index (χ2n) is 7.94. The van der Waals surface area contributed by atoms with E-state index in [1.807, 2.05) is 31.2 Å². The molecule has 0 radical (unpaired) electrons. The number of hydrogen-bond donors (Lipinski definition) is 1. The molecule has 2 aromatic carbocycles. The molecule has 1 aromatic heterocycles. The van der Waals surface area contributed by atoms with Crippen LogP contribution in [0.1, 0.15) is 53.1 Å². The third-order valence-electron chi connectivity index (χ3n) is 6.08. The van der Waals surface area contributed by atoms with E-state index >= 15 is 0 Å². The zero-order valence-electron chi connectivity index (χ0n) is 16.9. The number of piperidine rings is 1. The van der Waals surface area contributed by atoms with E-state index in [-0.39, 0.29) is 6.04 Å². The monoisotopic (exact) mass is 387 g/mol. The fraction of sp³-hybridized carbons (Fsp3) is 0.333. The molecule has 1 N–H and O–H groups in total.